The maximum atomic E-state index is 4.22. The quantitative estimate of drug-likeness (QED) is 0.767. The Balaban J connectivity index is 1.90. The van der Waals surface area contributed by atoms with Gasteiger partial charge in [0.25, 0.3) is 0 Å². The van der Waals surface area contributed by atoms with Crippen LogP contribution in [0.15, 0.2) is 42.0 Å². The highest BCUT2D eigenvalue weighted by atomic mass is 32.1. The summed E-state index contributed by atoms with van der Waals surface area (Å²) in [4.78, 5) is 4.22. The van der Waals surface area contributed by atoms with Gasteiger partial charge < -0.3 is 5.32 Å². The van der Waals surface area contributed by atoms with Gasteiger partial charge in [0, 0.05) is 22.3 Å². The molecular formula is C12H10N4S. The molecule has 0 atom stereocenters. The topological polar surface area (TPSA) is 50.7 Å². The summed E-state index contributed by atoms with van der Waals surface area (Å²) in [6.45, 7) is 0.681. The monoisotopic (exact) mass is 242 g/mol. The molecule has 5 heteroatoms. The fraction of sp³-hybridized carbons (Fsp3) is 0.0833. The number of hydrogen-bond donors (Lipinski definition) is 1. The fourth-order valence-corrected chi connectivity index (χ4v) is 2.21. The van der Waals surface area contributed by atoms with Crippen LogP contribution in [0.4, 0.5) is 5.82 Å². The number of hydrogen-bond acceptors (Lipinski definition) is 5. The fourth-order valence-electron chi connectivity index (χ4n) is 1.66. The van der Waals surface area contributed by atoms with E-state index in [0.29, 0.717) is 6.54 Å². The summed E-state index contributed by atoms with van der Waals surface area (Å²) in [6.07, 6.45) is 3.57. The molecule has 0 saturated heterocycles. The van der Waals surface area contributed by atoms with Gasteiger partial charge >= 0.3 is 0 Å². The normalized spacial score (nSPS) is 10.6. The minimum Gasteiger partial charge on any atom is -0.362 e. The molecule has 0 unspecified atom stereocenters. The molecule has 0 saturated carbocycles. The molecule has 0 spiro atoms. The van der Waals surface area contributed by atoms with Crippen molar-refractivity contribution in [3.63, 3.8) is 0 Å². The second-order valence-corrected chi connectivity index (χ2v) is 4.54. The molecule has 0 amide bonds. The van der Waals surface area contributed by atoms with Crippen molar-refractivity contribution in [3.05, 3.63) is 47.0 Å². The number of anilines is 1. The molecule has 84 valence electrons. The maximum Gasteiger partial charge on any atom is 0.156 e. The van der Waals surface area contributed by atoms with Crippen molar-refractivity contribution >= 4 is 27.9 Å². The number of benzene rings is 1. The van der Waals surface area contributed by atoms with Crippen molar-refractivity contribution in [2.45, 2.75) is 6.54 Å². The zero-order chi connectivity index (χ0) is 11.5. The highest BCUT2D eigenvalue weighted by molar-refractivity contribution is 7.09. The van der Waals surface area contributed by atoms with Crippen molar-refractivity contribution < 1.29 is 0 Å². The molecule has 2 heterocycles. The van der Waals surface area contributed by atoms with E-state index >= 15 is 0 Å². The summed E-state index contributed by atoms with van der Waals surface area (Å²) in [5.74, 6) is 0.804. The van der Waals surface area contributed by atoms with E-state index in [0.717, 1.165) is 21.6 Å². The minimum absolute atomic E-state index is 0.681. The Kier molecular flexibility index (Phi) is 2.67. The predicted octanol–water partition coefficient (Wildman–Crippen LogP) is 2.70. The largest absolute Gasteiger partial charge is 0.362 e. The Bertz CT molecular complexity index is 616. The standard InChI is InChI=1S/C12H10N4S/c1-2-4-10-9(3-1)7-15-16-12(10)14-8-11-13-5-6-17-11/h1-7H,8H2,(H,14,16). The first-order chi connectivity index (χ1) is 8.43. The van der Waals surface area contributed by atoms with Gasteiger partial charge in [-0.2, -0.15) is 5.10 Å². The average Bonchev–Trinajstić information content (AvgIpc) is 2.89. The zero-order valence-corrected chi connectivity index (χ0v) is 9.81. The highest BCUT2D eigenvalue weighted by Gasteiger charge is 2.03. The lowest BCUT2D eigenvalue weighted by Crippen LogP contribution is -2.02. The van der Waals surface area contributed by atoms with Gasteiger partial charge in [0.2, 0.25) is 0 Å². The first-order valence-corrected chi connectivity index (χ1v) is 6.14. The zero-order valence-electron chi connectivity index (χ0n) is 9.00. The number of nitrogens with zero attached hydrogens (tertiary/aromatic N) is 3. The maximum absolute atomic E-state index is 4.22. The van der Waals surface area contributed by atoms with Crippen LogP contribution < -0.4 is 5.32 Å². The van der Waals surface area contributed by atoms with E-state index in [1.54, 1.807) is 23.7 Å². The number of aromatic nitrogens is 3. The molecular weight excluding hydrogens is 232 g/mol. The molecule has 0 fully saturated rings. The summed E-state index contributed by atoms with van der Waals surface area (Å²) >= 11 is 1.63. The minimum atomic E-state index is 0.681. The van der Waals surface area contributed by atoms with Crippen molar-refractivity contribution in [1.29, 1.82) is 0 Å². The van der Waals surface area contributed by atoms with E-state index in [2.05, 4.69) is 20.5 Å². The predicted molar refractivity (Wildman–Crippen MR) is 69.0 cm³/mol. The molecule has 3 rings (SSSR count). The van der Waals surface area contributed by atoms with Gasteiger partial charge in [0.05, 0.1) is 12.7 Å². The van der Waals surface area contributed by atoms with Gasteiger partial charge in [-0.25, -0.2) is 4.98 Å². The van der Waals surface area contributed by atoms with Crippen LogP contribution in [0.2, 0.25) is 0 Å². The summed E-state index contributed by atoms with van der Waals surface area (Å²) < 4.78 is 0. The smallest absolute Gasteiger partial charge is 0.156 e. The third-order valence-electron chi connectivity index (χ3n) is 2.46. The van der Waals surface area contributed by atoms with Gasteiger partial charge in [0.1, 0.15) is 5.01 Å². The lowest BCUT2D eigenvalue weighted by Gasteiger charge is -2.05. The van der Waals surface area contributed by atoms with Crippen LogP contribution in [0, 0.1) is 0 Å². The van der Waals surface area contributed by atoms with Crippen LogP contribution in [0.25, 0.3) is 10.8 Å². The first kappa shape index (κ1) is 10.2. The second kappa shape index (κ2) is 4.47. The molecule has 0 bridgehead atoms. The van der Waals surface area contributed by atoms with Crippen LogP contribution in [0.5, 0.6) is 0 Å². The second-order valence-electron chi connectivity index (χ2n) is 3.56. The van der Waals surface area contributed by atoms with Crippen LogP contribution in [-0.2, 0) is 6.54 Å². The Morgan fingerprint density at radius 1 is 1.24 bits per heavy atom. The number of fused-ring (bicyclic) bond motifs is 1. The average molecular weight is 242 g/mol. The molecule has 4 nitrogen and oxygen atoms in total. The van der Waals surface area contributed by atoms with Gasteiger partial charge in [-0.05, 0) is 0 Å². The molecule has 17 heavy (non-hydrogen) atoms. The van der Waals surface area contributed by atoms with Gasteiger partial charge in [0.15, 0.2) is 5.82 Å². The van der Waals surface area contributed by atoms with Crippen molar-refractivity contribution in [2.75, 3.05) is 5.32 Å². The van der Waals surface area contributed by atoms with E-state index in [1.807, 2.05) is 29.6 Å². The van der Waals surface area contributed by atoms with E-state index in [-0.39, 0.29) is 0 Å². The van der Waals surface area contributed by atoms with Gasteiger partial charge in [-0.1, -0.05) is 24.3 Å². The SMILES string of the molecule is c1ccc2c(NCc3nccs3)nncc2c1. The van der Waals surface area contributed by atoms with Gasteiger partial charge in [-0.15, -0.1) is 16.4 Å². The van der Waals surface area contributed by atoms with Crippen molar-refractivity contribution in [3.8, 4) is 0 Å². The van der Waals surface area contributed by atoms with E-state index < -0.39 is 0 Å². The molecule has 0 aliphatic heterocycles. The van der Waals surface area contributed by atoms with E-state index in [9.17, 15) is 0 Å². The molecule has 0 aliphatic carbocycles. The Labute approximate surface area is 102 Å². The lowest BCUT2D eigenvalue weighted by molar-refractivity contribution is 1.01. The van der Waals surface area contributed by atoms with E-state index in [4.69, 9.17) is 0 Å². The summed E-state index contributed by atoms with van der Waals surface area (Å²) in [5.41, 5.74) is 0. The number of rotatable bonds is 3. The summed E-state index contributed by atoms with van der Waals surface area (Å²) in [6, 6.07) is 8.06. The summed E-state index contributed by atoms with van der Waals surface area (Å²) in [5, 5.41) is 16.5. The van der Waals surface area contributed by atoms with Crippen molar-refractivity contribution in [2.24, 2.45) is 0 Å². The molecule has 0 radical (unpaired) electrons. The van der Waals surface area contributed by atoms with Crippen LogP contribution in [-0.4, -0.2) is 15.2 Å². The van der Waals surface area contributed by atoms with Crippen molar-refractivity contribution in [1.82, 2.24) is 15.2 Å². The highest BCUT2D eigenvalue weighted by Crippen LogP contribution is 2.19. The molecule has 1 aromatic carbocycles. The molecule has 0 aliphatic rings. The molecule has 1 N–H and O–H groups in total. The summed E-state index contributed by atoms with van der Waals surface area (Å²) in [7, 11) is 0. The van der Waals surface area contributed by atoms with E-state index in [1.165, 1.54) is 0 Å². The lowest BCUT2D eigenvalue weighted by atomic mass is 10.2. The Hall–Kier alpha value is -2.01. The Morgan fingerprint density at radius 3 is 3.06 bits per heavy atom. The third-order valence-corrected chi connectivity index (χ3v) is 3.24. The van der Waals surface area contributed by atoms with Crippen LogP contribution >= 0.6 is 11.3 Å². The number of thiazole rings is 1. The first-order valence-electron chi connectivity index (χ1n) is 5.26. The van der Waals surface area contributed by atoms with Crippen LogP contribution in [0.1, 0.15) is 5.01 Å². The Morgan fingerprint density at radius 2 is 2.18 bits per heavy atom. The molecule has 3 aromatic rings. The van der Waals surface area contributed by atoms with Crippen LogP contribution in [0.3, 0.4) is 0 Å². The van der Waals surface area contributed by atoms with Gasteiger partial charge in [-0.3, -0.25) is 0 Å². The third kappa shape index (κ3) is 2.09. The molecule has 2 aromatic heterocycles. The number of nitrogens with one attached hydrogen (secondary N) is 1.